The van der Waals surface area contributed by atoms with E-state index in [1.165, 1.54) is 16.3 Å². The standard InChI is InChI=1S/C19H21N3O/c20-13-17-8-4-10-22(17)19(23)12-16(21)11-15-7-3-6-14-5-1-2-9-18(14)15/h1-3,5-7,9,16-17H,4,8,10-12,21H2/t16-,17+/m1/s1. The number of hydrogen-bond donors (Lipinski definition) is 1. The Morgan fingerprint density at radius 2 is 2.09 bits per heavy atom. The predicted octanol–water partition coefficient (Wildman–Crippen LogP) is 2.61. The van der Waals surface area contributed by atoms with Crippen LogP contribution in [0, 0.1) is 11.3 Å². The van der Waals surface area contributed by atoms with Gasteiger partial charge < -0.3 is 10.6 Å². The van der Waals surface area contributed by atoms with Crippen molar-refractivity contribution in [3.63, 3.8) is 0 Å². The zero-order valence-electron chi connectivity index (χ0n) is 13.1. The lowest BCUT2D eigenvalue weighted by molar-refractivity contribution is -0.131. The predicted molar refractivity (Wildman–Crippen MR) is 90.6 cm³/mol. The maximum absolute atomic E-state index is 12.4. The molecule has 1 fully saturated rings. The number of nitriles is 1. The van der Waals surface area contributed by atoms with E-state index in [1.54, 1.807) is 4.90 Å². The van der Waals surface area contributed by atoms with Gasteiger partial charge in [0.25, 0.3) is 0 Å². The number of fused-ring (bicyclic) bond motifs is 1. The molecule has 2 atom stereocenters. The van der Waals surface area contributed by atoms with Crippen LogP contribution in [0.5, 0.6) is 0 Å². The lowest BCUT2D eigenvalue weighted by Gasteiger charge is -2.22. The number of nitrogens with zero attached hydrogens (tertiary/aromatic N) is 2. The van der Waals surface area contributed by atoms with Gasteiger partial charge in [0, 0.05) is 19.0 Å². The lowest BCUT2D eigenvalue weighted by Crippen LogP contribution is -2.39. The summed E-state index contributed by atoms with van der Waals surface area (Å²) in [4.78, 5) is 14.1. The summed E-state index contributed by atoms with van der Waals surface area (Å²) in [6.45, 7) is 0.679. The second-order valence-electron chi connectivity index (χ2n) is 6.18. The Labute approximate surface area is 136 Å². The fourth-order valence-electron chi connectivity index (χ4n) is 3.37. The van der Waals surface area contributed by atoms with Gasteiger partial charge in [-0.25, -0.2) is 0 Å². The number of rotatable bonds is 4. The number of hydrogen-bond acceptors (Lipinski definition) is 3. The molecule has 0 unspecified atom stereocenters. The van der Waals surface area contributed by atoms with E-state index in [0.717, 1.165) is 12.8 Å². The van der Waals surface area contributed by atoms with Gasteiger partial charge in [0.2, 0.25) is 5.91 Å². The van der Waals surface area contributed by atoms with Crippen LogP contribution in [0.15, 0.2) is 42.5 Å². The Hall–Kier alpha value is -2.38. The SMILES string of the molecule is N#C[C@@H]1CCCN1C(=O)C[C@H](N)Cc1cccc2ccccc12. The normalized spacial score (nSPS) is 18.8. The molecule has 0 spiro atoms. The van der Waals surface area contributed by atoms with Crippen LogP contribution in [-0.4, -0.2) is 29.4 Å². The third-order valence-electron chi connectivity index (χ3n) is 4.52. The van der Waals surface area contributed by atoms with E-state index < -0.39 is 0 Å². The summed E-state index contributed by atoms with van der Waals surface area (Å²) in [6, 6.07) is 16.1. The highest BCUT2D eigenvalue weighted by Gasteiger charge is 2.29. The number of amides is 1. The molecule has 4 heteroatoms. The quantitative estimate of drug-likeness (QED) is 0.944. The Kier molecular flexibility index (Phi) is 4.59. The van der Waals surface area contributed by atoms with Crippen LogP contribution in [-0.2, 0) is 11.2 Å². The van der Waals surface area contributed by atoms with Crippen LogP contribution in [0.25, 0.3) is 10.8 Å². The third kappa shape index (κ3) is 3.35. The van der Waals surface area contributed by atoms with Crippen molar-refractivity contribution in [1.82, 2.24) is 4.90 Å². The minimum Gasteiger partial charge on any atom is -0.327 e. The molecule has 0 bridgehead atoms. The van der Waals surface area contributed by atoms with E-state index >= 15 is 0 Å². The van der Waals surface area contributed by atoms with Gasteiger partial charge in [-0.15, -0.1) is 0 Å². The first-order valence-electron chi connectivity index (χ1n) is 8.10. The fraction of sp³-hybridized carbons (Fsp3) is 0.368. The molecule has 0 saturated carbocycles. The van der Waals surface area contributed by atoms with Crippen LogP contribution in [0.3, 0.4) is 0 Å². The highest BCUT2D eigenvalue weighted by Crippen LogP contribution is 2.21. The molecule has 1 amide bonds. The Morgan fingerprint density at radius 3 is 2.91 bits per heavy atom. The number of carbonyl (C=O) groups excluding carboxylic acids is 1. The molecular formula is C19H21N3O. The second kappa shape index (κ2) is 6.80. The van der Waals surface area contributed by atoms with Gasteiger partial charge in [-0.2, -0.15) is 5.26 Å². The molecule has 23 heavy (non-hydrogen) atoms. The molecule has 1 aliphatic rings. The summed E-state index contributed by atoms with van der Waals surface area (Å²) in [5, 5.41) is 11.5. The van der Waals surface area contributed by atoms with Gasteiger partial charge in [-0.1, -0.05) is 42.5 Å². The van der Waals surface area contributed by atoms with Crippen LogP contribution < -0.4 is 5.73 Å². The van der Waals surface area contributed by atoms with E-state index in [4.69, 9.17) is 11.0 Å². The van der Waals surface area contributed by atoms with Crippen molar-refractivity contribution in [2.24, 2.45) is 5.73 Å². The van der Waals surface area contributed by atoms with Crippen molar-refractivity contribution in [2.75, 3.05) is 6.54 Å². The average Bonchev–Trinajstić information content (AvgIpc) is 3.04. The zero-order chi connectivity index (χ0) is 16.2. The molecule has 2 aromatic rings. The average molecular weight is 307 g/mol. The topological polar surface area (TPSA) is 70.1 Å². The van der Waals surface area contributed by atoms with Gasteiger partial charge in [0.1, 0.15) is 6.04 Å². The molecule has 2 N–H and O–H groups in total. The molecule has 4 nitrogen and oxygen atoms in total. The monoisotopic (exact) mass is 307 g/mol. The molecule has 2 aromatic carbocycles. The van der Waals surface area contributed by atoms with Crippen molar-refractivity contribution < 1.29 is 4.79 Å². The van der Waals surface area contributed by atoms with Gasteiger partial charge in [-0.05, 0) is 35.6 Å². The van der Waals surface area contributed by atoms with E-state index in [9.17, 15) is 4.79 Å². The Morgan fingerprint density at radius 1 is 1.30 bits per heavy atom. The summed E-state index contributed by atoms with van der Waals surface area (Å²) in [7, 11) is 0. The van der Waals surface area contributed by atoms with Gasteiger partial charge in [0.05, 0.1) is 6.07 Å². The minimum atomic E-state index is -0.271. The van der Waals surface area contributed by atoms with Gasteiger partial charge in [0.15, 0.2) is 0 Å². The maximum Gasteiger partial charge on any atom is 0.225 e. The first-order valence-corrected chi connectivity index (χ1v) is 8.10. The van der Waals surface area contributed by atoms with E-state index in [1.807, 2.05) is 18.2 Å². The second-order valence-corrected chi connectivity index (χ2v) is 6.18. The number of benzene rings is 2. The molecular weight excluding hydrogens is 286 g/mol. The molecule has 1 aliphatic heterocycles. The molecule has 0 aliphatic carbocycles. The van der Waals surface area contributed by atoms with Crippen molar-refractivity contribution in [1.29, 1.82) is 5.26 Å². The molecule has 0 radical (unpaired) electrons. The summed E-state index contributed by atoms with van der Waals surface area (Å²) in [5.41, 5.74) is 7.39. The summed E-state index contributed by atoms with van der Waals surface area (Å²) in [6.07, 6.45) is 2.64. The molecule has 1 heterocycles. The van der Waals surface area contributed by atoms with Crippen LogP contribution >= 0.6 is 0 Å². The van der Waals surface area contributed by atoms with Crippen LogP contribution in [0.1, 0.15) is 24.8 Å². The van der Waals surface area contributed by atoms with Crippen LogP contribution in [0.2, 0.25) is 0 Å². The Balaban J connectivity index is 1.68. The number of likely N-dealkylation sites (tertiary alicyclic amines) is 1. The summed E-state index contributed by atoms with van der Waals surface area (Å²) >= 11 is 0. The van der Waals surface area contributed by atoms with E-state index in [0.29, 0.717) is 19.4 Å². The lowest BCUT2D eigenvalue weighted by atomic mass is 9.97. The van der Waals surface area contributed by atoms with E-state index in [2.05, 4.69) is 30.3 Å². The van der Waals surface area contributed by atoms with Crippen molar-refractivity contribution >= 4 is 16.7 Å². The largest absolute Gasteiger partial charge is 0.327 e. The third-order valence-corrected chi connectivity index (χ3v) is 4.52. The van der Waals surface area contributed by atoms with Crippen molar-refractivity contribution in [2.45, 2.75) is 37.8 Å². The van der Waals surface area contributed by atoms with Crippen molar-refractivity contribution in [3.8, 4) is 6.07 Å². The highest BCUT2D eigenvalue weighted by molar-refractivity contribution is 5.85. The minimum absolute atomic E-state index is 0.00165. The van der Waals surface area contributed by atoms with E-state index in [-0.39, 0.29) is 18.0 Å². The summed E-state index contributed by atoms with van der Waals surface area (Å²) < 4.78 is 0. The summed E-state index contributed by atoms with van der Waals surface area (Å²) in [5.74, 6) is 0.00165. The first kappa shape index (κ1) is 15.5. The number of carbonyl (C=O) groups is 1. The highest BCUT2D eigenvalue weighted by atomic mass is 16.2. The smallest absolute Gasteiger partial charge is 0.225 e. The number of nitrogens with two attached hydrogens (primary N) is 1. The Bertz CT molecular complexity index is 744. The van der Waals surface area contributed by atoms with Gasteiger partial charge in [-0.3, -0.25) is 4.79 Å². The zero-order valence-corrected chi connectivity index (χ0v) is 13.1. The fourth-order valence-corrected chi connectivity index (χ4v) is 3.37. The van der Waals surface area contributed by atoms with Crippen LogP contribution in [0.4, 0.5) is 0 Å². The molecule has 118 valence electrons. The first-order chi connectivity index (χ1) is 11.2. The van der Waals surface area contributed by atoms with Crippen molar-refractivity contribution in [3.05, 3.63) is 48.0 Å². The maximum atomic E-state index is 12.4. The molecule has 0 aromatic heterocycles. The van der Waals surface area contributed by atoms with Gasteiger partial charge >= 0.3 is 0 Å². The molecule has 1 saturated heterocycles. The molecule has 3 rings (SSSR count).